The summed E-state index contributed by atoms with van der Waals surface area (Å²) in [7, 11) is -3.54. The van der Waals surface area contributed by atoms with Gasteiger partial charge in [0.05, 0.1) is 5.56 Å². The fourth-order valence-corrected chi connectivity index (χ4v) is 3.15. The lowest BCUT2D eigenvalue weighted by Gasteiger charge is -2.29. The minimum Gasteiger partial charge on any atom is -0.254 e. The van der Waals surface area contributed by atoms with E-state index in [2.05, 4.69) is 16.6 Å². The Hall–Kier alpha value is -1.65. The molecular weight excluding hydrogens is 264 g/mol. The maximum absolute atomic E-state index is 12.1. The summed E-state index contributed by atoms with van der Waals surface area (Å²) in [4.78, 5) is 3.91. The van der Waals surface area contributed by atoms with Gasteiger partial charge in [-0.25, -0.2) is 4.98 Å². The van der Waals surface area contributed by atoms with Gasteiger partial charge in [0.15, 0.2) is 0 Å². The van der Waals surface area contributed by atoms with Crippen molar-refractivity contribution in [2.75, 3.05) is 17.8 Å². The second kappa shape index (κ2) is 5.55. The van der Waals surface area contributed by atoms with E-state index >= 15 is 0 Å². The smallest absolute Gasteiger partial charge is 0.254 e. The van der Waals surface area contributed by atoms with Crippen LogP contribution in [-0.2, 0) is 10.2 Å². The summed E-state index contributed by atoms with van der Waals surface area (Å²) >= 11 is 0. The lowest BCUT2D eigenvalue weighted by Crippen LogP contribution is -2.41. The van der Waals surface area contributed by atoms with Gasteiger partial charge < -0.3 is 0 Å². The Morgan fingerprint density at radius 2 is 2.11 bits per heavy atom. The number of piperidine rings is 1. The third kappa shape index (κ3) is 3.43. The molecule has 7 heteroatoms. The van der Waals surface area contributed by atoms with Gasteiger partial charge in [0.25, 0.3) is 0 Å². The standard InChI is InChI=1S/C12H16N4O2S/c1-10-4-6-16(7-5-10)19(17,18)15-12-3-2-11(8-13)9-14-12/h2-3,9-10H,4-7H2,1H3,(H,14,15). The minimum atomic E-state index is -3.54. The minimum absolute atomic E-state index is 0.234. The van der Waals surface area contributed by atoms with Crippen molar-refractivity contribution in [2.24, 2.45) is 5.92 Å². The first kappa shape index (κ1) is 13.8. The molecule has 2 heterocycles. The van der Waals surface area contributed by atoms with Crippen LogP contribution in [0.4, 0.5) is 5.82 Å². The third-order valence-corrected chi connectivity index (χ3v) is 4.72. The second-order valence-electron chi connectivity index (χ2n) is 4.73. The fourth-order valence-electron chi connectivity index (χ4n) is 1.94. The molecule has 0 aliphatic carbocycles. The van der Waals surface area contributed by atoms with Crippen molar-refractivity contribution in [2.45, 2.75) is 19.8 Å². The molecule has 0 atom stereocenters. The maximum atomic E-state index is 12.1. The van der Waals surface area contributed by atoms with E-state index in [-0.39, 0.29) is 5.82 Å². The molecule has 0 unspecified atom stereocenters. The fraction of sp³-hybridized carbons (Fsp3) is 0.500. The van der Waals surface area contributed by atoms with Gasteiger partial charge in [-0.15, -0.1) is 0 Å². The quantitative estimate of drug-likeness (QED) is 0.905. The van der Waals surface area contributed by atoms with Gasteiger partial charge in [-0.3, -0.25) is 4.72 Å². The molecule has 1 aromatic heterocycles. The maximum Gasteiger partial charge on any atom is 0.302 e. The van der Waals surface area contributed by atoms with Gasteiger partial charge in [-0.2, -0.15) is 18.0 Å². The lowest BCUT2D eigenvalue weighted by atomic mass is 10.0. The summed E-state index contributed by atoms with van der Waals surface area (Å²) < 4.78 is 28.1. The average Bonchev–Trinajstić information content (AvgIpc) is 2.40. The molecule has 0 aromatic carbocycles. The van der Waals surface area contributed by atoms with Gasteiger partial charge >= 0.3 is 10.2 Å². The van der Waals surface area contributed by atoms with Crippen LogP contribution in [0, 0.1) is 17.2 Å². The largest absolute Gasteiger partial charge is 0.302 e. The van der Waals surface area contributed by atoms with Gasteiger partial charge in [0, 0.05) is 19.3 Å². The van der Waals surface area contributed by atoms with E-state index in [0.29, 0.717) is 24.6 Å². The molecule has 0 saturated carbocycles. The zero-order chi connectivity index (χ0) is 13.9. The Bertz CT molecular complexity index is 569. The molecule has 0 spiro atoms. The molecule has 19 heavy (non-hydrogen) atoms. The number of nitrogens with zero attached hydrogens (tertiary/aromatic N) is 3. The molecular formula is C12H16N4O2S. The predicted molar refractivity (Wildman–Crippen MR) is 71.5 cm³/mol. The van der Waals surface area contributed by atoms with Gasteiger partial charge in [-0.05, 0) is 30.9 Å². The predicted octanol–water partition coefficient (Wildman–Crippen LogP) is 1.34. The van der Waals surface area contributed by atoms with Crippen molar-refractivity contribution in [3.05, 3.63) is 23.9 Å². The normalized spacial score (nSPS) is 17.9. The highest BCUT2D eigenvalue weighted by Gasteiger charge is 2.26. The summed E-state index contributed by atoms with van der Waals surface area (Å²) in [6.07, 6.45) is 3.10. The van der Waals surface area contributed by atoms with Crippen molar-refractivity contribution in [3.8, 4) is 6.07 Å². The van der Waals surface area contributed by atoms with Crippen LogP contribution in [0.1, 0.15) is 25.3 Å². The highest BCUT2D eigenvalue weighted by molar-refractivity contribution is 7.90. The van der Waals surface area contributed by atoms with Crippen LogP contribution in [0.5, 0.6) is 0 Å². The third-order valence-electron chi connectivity index (χ3n) is 3.21. The lowest BCUT2D eigenvalue weighted by molar-refractivity contribution is 0.289. The molecule has 1 aliphatic heterocycles. The summed E-state index contributed by atoms with van der Waals surface area (Å²) in [5, 5.41) is 8.65. The number of aromatic nitrogens is 1. The van der Waals surface area contributed by atoms with Gasteiger partial charge in [-0.1, -0.05) is 6.92 Å². The van der Waals surface area contributed by atoms with Crippen molar-refractivity contribution in [1.29, 1.82) is 5.26 Å². The summed E-state index contributed by atoms with van der Waals surface area (Å²) in [5.41, 5.74) is 0.398. The Morgan fingerprint density at radius 1 is 1.42 bits per heavy atom. The second-order valence-corrected chi connectivity index (χ2v) is 6.40. The van der Waals surface area contributed by atoms with Crippen LogP contribution >= 0.6 is 0 Å². The molecule has 0 radical (unpaired) electrons. The van der Waals surface area contributed by atoms with Crippen molar-refractivity contribution in [1.82, 2.24) is 9.29 Å². The molecule has 2 rings (SSSR count). The zero-order valence-electron chi connectivity index (χ0n) is 10.7. The van der Waals surface area contributed by atoms with Gasteiger partial charge in [0.1, 0.15) is 11.9 Å². The van der Waals surface area contributed by atoms with Crippen molar-refractivity contribution in [3.63, 3.8) is 0 Å². The first-order valence-corrected chi connectivity index (χ1v) is 7.59. The number of hydrogen-bond donors (Lipinski definition) is 1. The molecule has 1 N–H and O–H groups in total. The Kier molecular flexibility index (Phi) is 4.02. The SMILES string of the molecule is CC1CCN(S(=O)(=O)Nc2ccc(C#N)cn2)CC1. The van der Waals surface area contributed by atoms with Crippen LogP contribution in [0.3, 0.4) is 0 Å². The molecule has 1 fully saturated rings. The first-order valence-electron chi connectivity index (χ1n) is 6.15. The van der Waals surface area contributed by atoms with E-state index in [9.17, 15) is 8.42 Å². The summed E-state index contributed by atoms with van der Waals surface area (Å²) in [6, 6.07) is 4.95. The first-order chi connectivity index (χ1) is 9.01. The zero-order valence-corrected chi connectivity index (χ0v) is 11.5. The van der Waals surface area contributed by atoms with Gasteiger partial charge in [0.2, 0.25) is 0 Å². The molecule has 1 saturated heterocycles. The number of pyridine rings is 1. The Labute approximate surface area is 113 Å². The van der Waals surface area contributed by atoms with E-state index in [1.54, 1.807) is 0 Å². The van der Waals surface area contributed by atoms with E-state index in [1.165, 1.54) is 22.6 Å². The van der Waals surface area contributed by atoms with Crippen LogP contribution in [0.15, 0.2) is 18.3 Å². The molecule has 102 valence electrons. The monoisotopic (exact) mass is 280 g/mol. The van der Waals surface area contributed by atoms with E-state index < -0.39 is 10.2 Å². The van der Waals surface area contributed by atoms with Crippen LogP contribution in [0.25, 0.3) is 0 Å². The van der Waals surface area contributed by atoms with Crippen molar-refractivity contribution >= 4 is 16.0 Å². The van der Waals surface area contributed by atoms with E-state index in [4.69, 9.17) is 5.26 Å². The highest BCUT2D eigenvalue weighted by atomic mass is 32.2. The highest BCUT2D eigenvalue weighted by Crippen LogP contribution is 2.19. The number of nitrogens with one attached hydrogen (secondary N) is 1. The molecule has 0 bridgehead atoms. The summed E-state index contributed by atoms with van der Waals surface area (Å²) in [6.45, 7) is 3.19. The molecule has 0 amide bonds. The molecule has 6 nitrogen and oxygen atoms in total. The average molecular weight is 280 g/mol. The molecule has 1 aromatic rings. The molecule has 1 aliphatic rings. The Balaban J connectivity index is 2.06. The van der Waals surface area contributed by atoms with Crippen LogP contribution in [-0.4, -0.2) is 30.8 Å². The number of hydrogen-bond acceptors (Lipinski definition) is 4. The van der Waals surface area contributed by atoms with Crippen LogP contribution < -0.4 is 4.72 Å². The topological polar surface area (TPSA) is 86.1 Å². The van der Waals surface area contributed by atoms with Crippen LogP contribution in [0.2, 0.25) is 0 Å². The Morgan fingerprint density at radius 3 is 2.63 bits per heavy atom. The number of rotatable bonds is 3. The number of anilines is 1. The van der Waals surface area contributed by atoms with E-state index in [1.807, 2.05) is 6.07 Å². The number of nitriles is 1. The summed E-state index contributed by atoms with van der Waals surface area (Å²) in [5.74, 6) is 0.803. The van der Waals surface area contributed by atoms with E-state index in [0.717, 1.165) is 12.8 Å². The van der Waals surface area contributed by atoms with Crippen molar-refractivity contribution < 1.29 is 8.42 Å².